The first kappa shape index (κ1) is 14.8. The number of carboxylic acid groups (broad SMARTS) is 1. The van der Waals surface area contributed by atoms with Crippen LogP contribution in [0.5, 0.6) is 0 Å². The third kappa shape index (κ3) is 3.37. The first-order chi connectivity index (χ1) is 10.1. The van der Waals surface area contributed by atoms with E-state index in [0.717, 1.165) is 41.5 Å². The van der Waals surface area contributed by atoms with Crippen LogP contribution in [-0.2, 0) is 11.2 Å². The number of aromatic nitrogens is 1. The van der Waals surface area contributed by atoms with Crippen LogP contribution >= 0.6 is 11.3 Å². The molecule has 1 saturated heterocycles. The Kier molecular flexibility index (Phi) is 4.45. The van der Waals surface area contributed by atoms with Crippen LogP contribution in [0.1, 0.15) is 49.1 Å². The molecule has 0 bridgehead atoms. The van der Waals surface area contributed by atoms with Crippen molar-refractivity contribution >= 4 is 22.4 Å². The molecule has 5 nitrogen and oxygen atoms in total. The van der Waals surface area contributed by atoms with E-state index in [2.05, 4.69) is 22.1 Å². The van der Waals surface area contributed by atoms with E-state index in [1.807, 2.05) is 0 Å². The lowest BCUT2D eigenvalue weighted by molar-refractivity contribution is -0.139. The van der Waals surface area contributed by atoms with Crippen molar-refractivity contribution in [3.8, 4) is 0 Å². The second-order valence-electron chi connectivity index (χ2n) is 6.16. The van der Waals surface area contributed by atoms with Gasteiger partial charge in [0.05, 0.1) is 5.69 Å². The maximum Gasteiger partial charge on any atom is 0.312 e. The molecule has 21 heavy (non-hydrogen) atoms. The Morgan fingerprint density at radius 1 is 1.48 bits per heavy atom. The summed E-state index contributed by atoms with van der Waals surface area (Å²) in [4.78, 5) is 19.5. The normalized spacial score (nSPS) is 23.8. The van der Waals surface area contributed by atoms with Crippen molar-refractivity contribution in [1.82, 2.24) is 9.88 Å². The van der Waals surface area contributed by atoms with E-state index in [1.54, 1.807) is 11.3 Å². The molecule has 2 heterocycles. The van der Waals surface area contributed by atoms with Crippen LogP contribution in [0.2, 0.25) is 0 Å². The van der Waals surface area contributed by atoms with Gasteiger partial charge in [-0.25, -0.2) is 4.98 Å². The first-order valence-electron chi connectivity index (χ1n) is 7.85. The third-order valence-corrected chi connectivity index (χ3v) is 5.42. The summed E-state index contributed by atoms with van der Waals surface area (Å²) < 4.78 is 0. The fraction of sp³-hybridized carbons (Fsp3) is 0.733. The van der Waals surface area contributed by atoms with E-state index >= 15 is 0 Å². The van der Waals surface area contributed by atoms with Gasteiger partial charge in [-0.15, -0.1) is 11.3 Å². The number of hydrogen-bond acceptors (Lipinski definition) is 5. The average Bonchev–Trinajstić information content (AvgIpc) is 3.06. The van der Waals surface area contributed by atoms with Crippen LogP contribution in [0.15, 0.2) is 0 Å². The molecule has 116 valence electrons. The molecule has 0 radical (unpaired) electrons. The minimum atomic E-state index is -0.738. The van der Waals surface area contributed by atoms with Crippen LogP contribution in [0.25, 0.3) is 0 Å². The Labute approximate surface area is 129 Å². The van der Waals surface area contributed by atoms with E-state index in [-0.39, 0.29) is 0 Å². The highest BCUT2D eigenvalue weighted by molar-refractivity contribution is 7.15. The molecule has 2 atom stereocenters. The highest BCUT2D eigenvalue weighted by Crippen LogP contribution is 2.36. The van der Waals surface area contributed by atoms with Gasteiger partial charge in [-0.2, -0.15) is 0 Å². The van der Waals surface area contributed by atoms with Crippen molar-refractivity contribution in [2.75, 3.05) is 25.0 Å². The zero-order valence-electron chi connectivity index (χ0n) is 12.5. The Balaban J connectivity index is 1.65. The van der Waals surface area contributed by atoms with Crippen LogP contribution in [0, 0.1) is 0 Å². The van der Waals surface area contributed by atoms with E-state index < -0.39 is 11.9 Å². The molecule has 2 N–H and O–H groups in total. The number of nitrogens with zero attached hydrogens (tertiary/aromatic N) is 2. The van der Waals surface area contributed by atoms with Crippen molar-refractivity contribution in [1.29, 1.82) is 0 Å². The minimum absolute atomic E-state index is 0.346. The van der Waals surface area contributed by atoms with Crippen molar-refractivity contribution in [2.24, 2.45) is 0 Å². The molecular formula is C15H23N3O2S. The molecule has 1 fully saturated rings. The number of fused-ring (bicyclic) bond motifs is 1. The van der Waals surface area contributed by atoms with Gasteiger partial charge in [0.25, 0.3) is 0 Å². The van der Waals surface area contributed by atoms with E-state index in [9.17, 15) is 9.90 Å². The van der Waals surface area contributed by atoms with Crippen LogP contribution in [-0.4, -0.2) is 46.6 Å². The summed E-state index contributed by atoms with van der Waals surface area (Å²) in [6.45, 7) is 5.60. The largest absolute Gasteiger partial charge is 0.481 e. The summed E-state index contributed by atoms with van der Waals surface area (Å²) in [5, 5.41) is 13.7. The number of likely N-dealkylation sites (tertiary alicyclic amines) is 1. The van der Waals surface area contributed by atoms with Gasteiger partial charge in [0.15, 0.2) is 5.13 Å². The van der Waals surface area contributed by atoms with Crippen molar-refractivity contribution in [3.63, 3.8) is 0 Å². The van der Waals surface area contributed by atoms with Gasteiger partial charge >= 0.3 is 5.97 Å². The van der Waals surface area contributed by atoms with Crippen molar-refractivity contribution in [3.05, 3.63) is 10.6 Å². The molecule has 2 unspecified atom stereocenters. The molecule has 2 aliphatic rings. The van der Waals surface area contributed by atoms with Gasteiger partial charge in [-0.1, -0.05) is 0 Å². The first-order valence-corrected chi connectivity index (χ1v) is 8.66. The Hall–Kier alpha value is -1.14. The third-order valence-electron chi connectivity index (χ3n) is 4.35. The highest BCUT2D eigenvalue weighted by Gasteiger charge is 2.30. The van der Waals surface area contributed by atoms with Gasteiger partial charge in [0, 0.05) is 17.5 Å². The van der Waals surface area contributed by atoms with E-state index in [4.69, 9.17) is 0 Å². The topological polar surface area (TPSA) is 65.5 Å². The molecule has 3 rings (SSSR count). The lowest BCUT2D eigenvalue weighted by Crippen LogP contribution is -2.32. The summed E-state index contributed by atoms with van der Waals surface area (Å²) in [5.41, 5.74) is 0.801. The van der Waals surface area contributed by atoms with Crippen LogP contribution in [0.4, 0.5) is 5.13 Å². The summed E-state index contributed by atoms with van der Waals surface area (Å²) in [6.07, 6.45) is 5.25. The molecule has 0 aromatic carbocycles. The fourth-order valence-corrected chi connectivity index (χ4v) is 4.51. The molecule has 0 saturated carbocycles. The predicted molar refractivity (Wildman–Crippen MR) is 84.2 cm³/mol. The molecule has 1 aliphatic carbocycles. The molecule has 1 aromatic heterocycles. The molecule has 1 aromatic rings. The molecule has 1 aliphatic heterocycles. The summed E-state index contributed by atoms with van der Waals surface area (Å²) in [5.74, 6) is -1.15. The Morgan fingerprint density at radius 2 is 2.24 bits per heavy atom. The highest BCUT2D eigenvalue weighted by atomic mass is 32.1. The number of anilines is 1. The summed E-state index contributed by atoms with van der Waals surface area (Å²) in [7, 11) is 0. The monoisotopic (exact) mass is 309 g/mol. The smallest absolute Gasteiger partial charge is 0.312 e. The Bertz CT molecular complexity index is 511. The summed E-state index contributed by atoms with van der Waals surface area (Å²) in [6, 6.07) is 0.346. The number of carboxylic acids is 1. The van der Waals surface area contributed by atoms with Crippen molar-refractivity contribution in [2.45, 2.75) is 51.0 Å². The minimum Gasteiger partial charge on any atom is -0.481 e. The second kappa shape index (κ2) is 6.32. The number of aliphatic carboxylic acids is 1. The van der Waals surface area contributed by atoms with Gasteiger partial charge < -0.3 is 15.3 Å². The zero-order chi connectivity index (χ0) is 14.8. The number of carbonyl (C=O) groups is 1. The number of aryl methyl sites for hydroxylation is 1. The molecule has 0 amide bonds. The van der Waals surface area contributed by atoms with Crippen molar-refractivity contribution < 1.29 is 9.90 Å². The van der Waals surface area contributed by atoms with E-state index in [1.165, 1.54) is 25.9 Å². The second-order valence-corrected chi connectivity index (χ2v) is 7.25. The molecule has 0 spiro atoms. The lowest BCUT2D eigenvalue weighted by atomic mass is 9.91. The molecule has 6 heteroatoms. The quantitative estimate of drug-likeness (QED) is 0.875. The zero-order valence-corrected chi connectivity index (χ0v) is 13.3. The average molecular weight is 309 g/mol. The number of thiazole rings is 1. The maximum absolute atomic E-state index is 11.3. The lowest BCUT2D eigenvalue weighted by Gasteiger charge is -2.20. The van der Waals surface area contributed by atoms with Gasteiger partial charge in [0.2, 0.25) is 0 Å². The SMILES string of the molecule is CC(CN1CCCC1)Nc1nc2c(s1)CCCC2C(=O)O. The van der Waals surface area contributed by atoms with Gasteiger partial charge in [-0.05, 0) is 52.1 Å². The maximum atomic E-state index is 11.3. The molecular weight excluding hydrogens is 286 g/mol. The standard InChI is InChI=1S/C15H23N3O2S/c1-10(9-18-7-2-3-8-18)16-15-17-13-11(14(19)20)5-4-6-12(13)21-15/h10-11H,2-9H2,1H3,(H,16,17)(H,19,20). The number of rotatable bonds is 5. The summed E-state index contributed by atoms with van der Waals surface area (Å²) >= 11 is 1.64. The van der Waals surface area contributed by atoms with Gasteiger partial charge in [0.1, 0.15) is 5.92 Å². The van der Waals surface area contributed by atoms with Gasteiger partial charge in [-0.3, -0.25) is 4.79 Å². The van der Waals surface area contributed by atoms with Crippen LogP contribution in [0.3, 0.4) is 0 Å². The fourth-order valence-electron chi connectivity index (χ4n) is 3.33. The van der Waals surface area contributed by atoms with Crippen LogP contribution < -0.4 is 5.32 Å². The van der Waals surface area contributed by atoms with E-state index in [0.29, 0.717) is 6.04 Å². The Morgan fingerprint density at radius 3 is 2.95 bits per heavy atom. The number of nitrogens with one attached hydrogen (secondary N) is 1. The number of hydrogen-bond donors (Lipinski definition) is 2. The predicted octanol–water partition coefficient (Wildman–Crippen LogP) is 2.54.